The van der Waals surface area contributed by atoms with Gasteiger partial charge in [0.25, 0.3) is 0 Å². The molecule has 0 saturated carbocycles. The molecule has 0 saturated heterocycles. The van der Waals surface area contributed by atoms with Gasteiger partial charge >= 0.3 is 0 Å². The van der Waals surface area contributed by atoms with Gasteiger partial charge in [-0.2, -0.15) is 0 Å². The van der Waals surface area contributed by atoms with Crippen LogP contribution < -0.4 is 0 Å². The Hall–Kier alpha value is -4.32. The molecule has 172 valence electrons. The van der Waals surface area contributed by atoms with E-state index in [2.05, 4.69) is 101 Å². The molecule has 0 spiro atoms. The third-order valence-electron chi connectivity index (χ3n) is 7.43. The van der Waals surface area contributed by atoms with Crippen LogP contribution in [0, 0.1) is 0 Å². The molecule has 0 N–H and O–H groups in total. The van der Waals surface area contributed by atoms with Gasteiger partial charge in [0.15, 0.2) is 0 Å². The predicted octanol–water partition coefficient (Wildman–Crippen LogP) is 9.46. The maximum Gasteiger partial charge on any atom is 0.138 e. The van der Waals surface area contributed by atoms with E-state index in [1.807, 2.05) is 34.9 Å². The van der Waals surface area contributed by atoms with Gasteiger partial charge in [-0.05, 0) is 41.1 Å². The Bertz CT molecular complexity index is 2370. The van der Waals surface area contributed by atoms with Crippen molar-refractivity contribution in [3.8, 4) is 5.82 Å². The fourth-order valence-electron chi connectivity index (χ4n) is 5.79. The van der Waals surface area contributed by atoms with Crippen molar-refractivity contribution >= 4 is 95.9 Å². The van der Waals surface area contributed by atoms with E-state index in [0.29, 0.717) is 0 Å². The standard InChI is InChI=1S/C32H17N3S2/c1-2-8-21-18(6-1)13-15-24-26(21)31-32(36-24)29-30(37-31)22-9-3-4-10-23(22)35(29)25-16-14-20-12-11-19-7-5-17-33-27(19)28(20)34-25/h1-17H. The van der Waals surface area contributed by atoms with Gasteiger partial charge in [0.05, 0.1) is 36.2 Å². The van der Waals surface area contributed by atoms with Crippen LogP contribution in [0.4, 0.5) is 0 Å². The Balaban J connectivity index is 1.46. The fraction of sp³-hybridized carbons (Fsp3) is 0. The Morgan fingerprint density at radius 3 is 2.27 bits per heavy atom. The molecular formula is C32H17N3S2. The molecule has 0 aliphatic rings. The van der Waals surface area contributed by atoms with E-state index in [4.69, 9.17) is 4.98 Å². The van der Waals surface area contributed by atoms with Crippen LogP contribution in [-0.4, -0.2) is 14.5 Å². The third-order valence-corrected chi connectivity index (χ3v) is 9.95. The quantitative estimate of drug-likeness (QED) is 0.207. The average Bonchev–Trinajstić information content (AvgIpc) is 3.60. The lowest BCUT2D eigenvalue weighted by Crippen LogP contribution is -1.98. The Labute approximate surface area is 218 Å². The highest BCUT2D eigenvalue weighted by Crippen LogP contribution is 2.50. The first-order valence-corrected chi connectivity index (χ1v) is 13.9. The van der Waals surface area contributed by atoms with Gasteiger partial charge in [0, 0.05) is 32.4 Å². The summed E-state index contributed by atoms with van der Waals surface area (Å²) >= 11 is 3.81. The van der Waals surface area contributed by atoms with Crippen LogP contribution >= 0.6 is 22.7 Å². The largest absolute Gasteiger partial charge is 0.291 e. The molecule has 5 heteroatoms. The van der Waals surface area contributed by atoms with Gasteiger partial charge in [-0.1, -0.05) is 66.7 Å². The summed E-state index contributed by atoms with van der Waals surface area (Å²) in [5.41, 5.74) is 4.33. The molecule has 0 amide bonds. The van der Waals surface area contributed by atoms with E-state index in [0.717, 1.165) is 27.6 Å². The molecule has 0 aliphatic heterocycles. The third kappa shape index (κ3) is 2.60. The second-order valence-electron chi connectivity index (χ2n) is 9.43. The summed E-state index contributed by atoms with van der Waals surface area (Å²) in [6.07, 6.45) is 1.85. The maximum absolute atomic E-state index is 5.25. The molecule has 0 bridgehead atoms. The summed E-state index contributed by atoms with van der Waals surface area (Å²) < 4.78 is 7.72. The summed E-state index contributed by atoms with van der Waals surface area (Å²) in [6, 6.07) is 34.6. The smallest absolute Gasteiger partial charge is 0.138 e. The van der Waals surface area contributed by atoms with Gasteiger partial charge in [-0.15, -0.1) is 22.7 Å². The summed E-state index contributed by atoms with van der Waals surface area (Å²) in [7, 11) is 0. The minimum Gasteiger partial charge on any atom is -0.291 e. The van der Waals surface area contributed by atoms with E-state index < -0.39 is 0 Å². The number of aromatic nitrogens is 3. The Morgan fingerprint density at radius 2 is 1.32 bits per heavy atom. The number of hydrogen-bond acceptors (Lipinski definition) is 4. The first-order valence-electron chi connectivity index (χ1n) is 12.3. The zero-order valence-electron chi connectivity index (χ0n) is 19.5. The highest BCUT2D eigenvalue weighted by atomic mass is 32.1. The van der Waals surface area contributed by atoms with Crippen molar-refractivity contribution in [2.24, 2.45) is 0 Å². The molecule has 5 heterocycles. The lowest BCUT2D eigenvalue weighted by molar-refractivity contribution is 1.11. The molecule has 0 atom stereocenters. The molecule has 5 aromatic heterocycles. The van der Waals surface area contributed by atoms with Crippen LogP contribution in [0.1, 0.15) is 0 Å². The minimum absolute atomic E-state index is 0.930. The van der Waals surface area contributed by atoms with Crippen molar-refractivity contribution in [1.29, 1.82) is 0 Å². The highest BCUT2D eigenvalue weighted by molar-refractivity contribution is 7.37. The van der Waals surface area contributed by atoms with E-state index in [1.165, 1.54) is 51.4 Å². The van der Waals surface area contributed by atoms with Crippen molar-refractivity contribution in [2.75, 3.05) is 0 Å². The summed E-state index contributed by atoms with van der Waals surface area (Å²) in [5.74, 6) is 0.930. The number of benzene rings is 4. The highest BCUT2D eigenvalue weighted by Gasteiger charge is 2.22. The minimum atomic E-state index is 0.930. The lowest BCUT2D eigenvalue weighted by atomic mass is 10.1. The Kier molecular flexibility index (Phi) is 3.82. The molecular weight excluding hydrogens is 491 g/mol. The first kappa shape index (κ1) is 19.8. The van der Waals surface area contributed by atoms with Crippen LogP contribution in [-0.2, 0) is 0 Å². The molecule has 0 fully saturated rings. The summed E-state index contributed by atoms with van der Waals surface area (Å²) in [4.78, 5) is 9.93. The maximum atomic E-state index is 5.25. The van der Waals surface area contributed by atoms with Crippen LogP contribution in [0.15, 0.2) is 103 Å². The molecule has 0 unspecified atom stereocenters. The van der Waals surface area contributed by atoms with Gasteiger partial charge in [-0.25, -0.2) is 4.98 Å². The fourth-order valence-corrected chi connectivity index (χ4v) is 8.61. The zero-order valence-corrected chi connectivity index (χ0v) is 21.1. The molecule has 3 nitrogen and oxygen atoms in total. The van der Waals surface area contributed by atoms with E-state index in [-0.39, 0.29) is 0 Å². The normalized spacial score (nSPS) is 12.3. The van der Waals surface area contributed by atoms with Crippen LogP contribution in [0.3, 0.4) is 0 Å². The van der Waals surface area contributed by atoms with Crippen molar-refractivity contribution in [1.82, 2.24) is 14.5 Å². The average molecular weight is 508 g/mol. The number of para-hydroxylation sites is 1. The Morgan fingerprint density at radius 1 is 0.568 bits per heavy atom. The van der Waals surface area contributed by atoms with Gasteiger partial charge in [0.1, 0.15) is 5.82 Å². The second kappa shape index (κ2) is 7.13. The van der Waals surface area contributed by atoms with Crippen LogP contribution in [0.5, 0.6) is 0 Å². The van der Waals surface area contributed by atoms with Crippen molar-refractivity contribution < 1.29 is 0 Å². The SMILES string of the molecule is c1ccc2c(c1)ccc1sc3c(sc4c5ccccc5n(-c5ccc6ccc7cccnc7c6n5)c43)c12. The number of pyridine rings is 2. The molecule has 9 rings (SSSR count). The zero-order chi connectivity index (χ0) is 24.1. The monoisotopic (exact) mass is 507 g/mol. The number of thiophene rings is 2. The van der Waals surface area contributed by atoms with Gasteiger partial charge in [0.2, 0.25) is 0 Å². The second-order valence-corrected chi connectivity index (χ2v) is 11.5. The van der Waals surface area contributed by atoms with E-state index in [1.54, 1.807) is 0 Å². The molecule has 37 heavy (non-hydrogen) atoms. The van der Waals surface area contributed by atoms with Crippen molar-refractivity contribution in [3.05, 3.63) is 103 Å². The van der Waals surface area contributed by atoms with Crippen LogP contribution in [0.2, 0.25) is 0 Å². The number of hydrogen-bond donors (Lipinski definition) is 0. The topological polar surface area (TPSA) is 30.7 Å². The predicted molar refractivity (Wildman–Crippen MR) is 160 cm³/mol. The van der Waals surface area contributed by atoms with Gasteiger partial charge in [-0.3, -0.25) is 9.55 Å². The van der Waals surface area contributed by atoms with Crippen LogP contribution in [0.25, 0.3) is 79.0 Å². The molecule has 0 radical (unpaired) electrons. The molecule has 9 aromatic rings. The first-order chi connectivity index (χ1) is 18.3. The number of rotatable bonds is 1. The summed E-state index contributed by atoms with van der Waals surface area (Å²) in [5, 5.41) is 7.47. The lowest BCUT2D eigenvalue weighted by Gasteiger charge is -2.09. The number of nitrogens with zero attached hydrogens (tertiary/aromatic N) is 3. The summed E-state index contributed by atoms with van der Waals surface area (Å²) in [6.45, 7) is 0. The van der Waals surface area contributed by atoms with Gasteiger partial charge < -0.3 is 0 Å². The van der Waals surface area contributed by atoms with Crippen molar-refractivity contribution in [2.45, 2.75) is 0 Å². The van der Waals surface area contributed by atoms with Crippen molar-refractivity contribution in [3.63, 3.8) is 0 Å². The van der Waals surface area contributed by atoms with E-state index in [9.17, 15) is 0 Å². The molecule has 0 aliphatic carbocycles. The number of fused-ring (bicyclic) bond motifs is 12. The molecule has 4 aromatic carbocycles. The van der Waals surface area contributed by atoms with E-state index >= 15 is 0 Å².